The van der Waals surface area contributed by atoms with Gasteiger partial charge in [0.2, 0.25) is 0 Å². The summed E-state index contributed by atoms with van der Waals surface area (Å²) in [5.74, 6) is 0.0146. The second kappa shape index (κ2) is 9.02. The Hall–Kier alpha value is -2.66. The lowest BCUT2D eigenvalue weighted by atomic mass is 9.93. The van der Waals surface area contributed by atoms with E-state index in [1.54, 1.807) is 49.5 Å². The molecule has 0 aliphatic carbocycles. The molecular formula is C22H24ClNO4. The summed E-state index contributed by atoms with van der Waals surface area (Å²) < 4.78 is 10.4. The fraction of sp³-hybridized carbons (Fsp3) is 0.318. The van der Waals surface area contributed by atoms with E-state index < -0.39 is 17.1 Å². The summed E-state index contributed by atoms with van der Waals surface area (Å²) in [6.07, 6.45) is 1.97. The maximum atomic E-state index is 12.9. The van der Waals surface area contributed by atoms with Crippen LogP contribution in [0.15, 0.2) is 53.5 Å². The number of aliphatic imine (C=N–C) groups is 1. The van der Waals surface area contributed by atoms with Crippen LogP contribution < -0.4 is 4.74 Å². The van der Waals surface area contributed by atoms with Gasteiger partial charge in [-0.1, -0.05) is 35.9 Å². The molecule has 0 heterocycles. The lowest BCUT2D eigenvalue weighted by molar-refractivity contribution is -0.160. The zero-order valence-electron chi connectivity index (χ0n) is 16.4. The van der Waals surface area contributed by atoms with Crippen LogP contribution in [0.5, 0.6) is 5.75 Å². The van der Waals surface area contributed by atoms with Gasteiger partial charge >= 0.3 is 5.97 Å². The van der Waals surface area contributed by atoms with Gasteiger partial charge in [-0.2, -0.15) is 0 Å². The molecule has 0 N–H and O–H groups in total. The van der Waals surface area contributed by atoms with E-state index in [4.69, 9.17) is 21.1 Å². The molecule has 0 amide bonds. The van der Waals surface area contributed by atoms with E-state index in [2.05, 4.69) is 4.99 Å². The third kappa shape index (κ3) is 6.50. The first-order chi connectivity index (χ1) is 13.1. The molecule has 0 spiro atoms. The molecule has 0 aliphatic heterocycles. The van der Waals surface area contributed by atoms with E-state index in [0.29, 0.717) is 23.7 Å². The monoisotopic (exact) mass is 401 g/mol. The zero-order valence-corrected chi connectivity index (χ0v) is 17.2. The average molecular weight is 402 g/mol. The number of carbonyl (C=O) groups excluding carboxylic acids is 2. The van der Waals surface area contributed by atoms with Gasteiger partial charge in [0.05, 0.1) is 0 Å². The van der Waals surface area contributed by atoms with Crippen molar-refractivity contribution in [1.82, 2.24) is 0 Å². The van der Waals surface area contributed by atoms with Crippen LogP contribution in [0, 0.1) is 0 Å². The van der Waals surface area contributed by atoms with E-state index in [1.807, 2.05) is 32.9 Å². The molecule has 0 aromatic heterocycles. The van der Waals surface area contributed by atoms with Gasteiger partial charge in [-0.25, -0.2) is 4.79 Å². The lowest BCUT2D eigenvalue weighted by Gasteiger charge is -2.28. The minimum Gasteiger partial charge on any atom is -0.458 e. The molecule has 0 saturated carbocycles. The molecule has 0 fully saturated rings. The minimum atomic E-state index is -1.13. The highest BCUT2D eigenvalue weighted by molar-refractivity contribution is 6.30. The molecule has 2 aromatic rings. The number of hydrogen-bond acceptors (Lipinski definition) is 5. The number of hydrogen-bond donors (Lipinski definition) is 0. The minimum absolute atomic E-state index is 0.327. The second-order valence-corrected chi connectivity index (χ2v) is 8.06. The predicted molar refractivity (Wildman–Crippen MR) is 110 cm³/mol. The molecule has 0 bridgehead atoms. The quantitative estimate of drug-likeness (QED) is 0.385. The highest BCUT2D eigenvalue weighted by Gasteiger charge is 2.36. The summed E-state index contributed by atoms with van der Waals surface area (Å²) in [7, 11) is 0. The molecular weight excluding hydrogens is 378 g/mol. The van der Waals surface area contributed by atoms with Crippen LogP contribution in [0.3, 0.4) is 0 Å². The first-order valence-electron chi connectivity index (χ1n) is 8.85. The Morgan fingerprint density at radius 3 is 2.18 bits per heavy atom. The number of halogens is 1. The maximum absolute atomic E-state index is 12.9. The van der Waals surface area contributed by atoms with Crippen molar-refractivity contribution in [3.8, 4) is 5.75 Å². The van der Waals surface area contributed by atoms with Gasteiger partial charge in [-0.3, -0.25) is 9.79 Å². The van der Waals surface area contributed by atoms with Crippen molar-refractivity contribution in [3.05, 3.63) is 64.7 Å². The van der Waals surface area contributed by atoms with Crippen LogP contribution in [0.1, 0.15) is 38.8 Å². The number of rotatable bonds is 7. The Kier molecular flexibility index (Phi) is 6.97. The number of ether oxygens (including phenoxy) is 2. The number of esters is 1. The van der Waals surface area contributed by atoms with Crippen molar-refractivity contribution < 1.29 is 19.1 Å². The first-order valence-corrected chi connectivity index (χ1v) is 9.23. The first kappa shape index (κ1) is 21.6. The van der Waals surface area contributed by atoms with Crippen molar-refractivity contribution >= 4 is 30.3 Å². The molecule has 0 aliphatic rings. The molecule has 28 heavy (non-hydrogen) atoms. The third-order valence-electron chi connectivity index (χ3n) is 3.86. The zero-order chi connectivity index (χ0) is 20.8. The molecule has 0 unspecified atom stereocenters. The molecule has 0 radical (unpaired) electrons. The average Bonchev–Trinajstić information content (AvgIpc) is 2.62. The Morgan fingerprint density at radius 1 is 1.04 bits per heavy atom. The van der Waals surface area contributed by atoms with Crippen LogP contribution in [0.2, 0.25) is 5.02 Å². The van der Waals surface area contributed by atoms with Gasteiger partial charge in [0, 0.05) is 17.7 Å². The molecule has 6 heteroatoms. The van der Waals surface area contributed by atoms with Crippen molar-refractivity contribution in [1.29, 1.82) is 0 Å². The second-order valence-electron chi connectivity index (χ2n) is 7.62. The lowest BCUT2D eigenvalue weighted by Crippen LogP contribution is -2.41. The summed E-state index contributed by atoms with van der Waals surface area (Å²) in [5, 5.41) is 0.629. The van der Waals surface area contributed by atoms with Crippen molar-refractivity contribution in [2.75, 3.05) is 0 Å². The predicted octanol–water partition coefficient (Wildman–Crippen LogP) is 4.64. The van der Waals surface area contributed by atoms with Crippen molar-refractivity contribution in [3.63, 3.8) is 0 Å². The Labute approximate surface area is 170 Å². The largest absolute Gasteiger partial charge is 0.458 e. The highest BCUT2D eigenvalue weighted by atomic mass is 35.5. The maximum Gasteiger partial charge on any atom is 0.334 e. The van der Waals surface area contributed by atoms with Crippen LogP contribution in [0.4, 0.5) is 0 Å². The van der Waals surface area contributed by atoms with E-state index >= 15 is 0 Å². The van der Waals surface area contributed by atoms with Crippen molar-refractivity contribution in [2.24, 2.45) is 4.99 Å². The van der Waals surface area contributed by atoms with Crippen LogP contribution in [0.25, 0.3) is 0 Å². The van der Waals surface area contributed by atoms with Gasteiger partial charge in [0.25, 0.3) is 6.47 Å². The fourth-order valence-electron chi connectivity index (χ4n) is 2.46. The van der Waals surface area contributed by atoms with Crippen LogP contribution >= 0.6 is 11.6 Å². The molecule has 148 valence electrons. The summed E-state index contributed by atoms with van der Waals surface area (Å²) in [5.41, 5.74) is -0.0655. The number of nitrogens with zero attached hydrogens (tertiary/aromatic N) is 1. The van der Waals surface area contributed by atoms with E-state index in [0.717, 1.165) is 11.1 Å². The Bertz CT molecular complexity index is 838. The molecule has 0 saturated heterocycles. The SMILES string of the molecule is CC(C)(C)OC(=O)[C@](C)(Cc1ccc(OC=O)cc1)N=Cc1ccc(Cl)cc1. The molecule has 2 rings (SSSR count). The van der Waals surface area contributed by atoms with Gasteiger partial charge in [0.15, 0.2) is 5.54 Å². The summed E-state index contributed by atoms with van der Waals surface area (Å²) in [4.78, 5) is 27.9. The van der Waals surface area contributed by atoms with Gasteiger partial charge in [0.1, 0.15) is 11.4 Å². The Morgan fingerprint density at radius 2 is 1.64 bits per heavy atom. The normalized spacial score (nSPS) is 13.8. The van der Waals surface area contributed by atoms with Crippen LogP contribution in [-0.2, 0) is 20.7 Å². The summed E-state index contributed by atoms with van der Waals surface area (Å²) in [6.45, 7) is 7.57. The molecule has 2 aromatic carbocycles. The molecule has 1 atom stereocenters. The Balaban J connectivity index is 2.30. The van der Waals surface area contributed by atoms with Crippen LogP contribution in [-0.4, -0.2) is 29.8 Å². The standard InChI is InChI=1S/C22H24ClNO4/c1-21(2,3)28-20(26)22(4,24-14-17-5-9-18(23)10-6-17)13-16-7-11-19(12-8-16)27-15-25/h5-12,14-15H,13H2,1-4H3/t22-/m0/s1. The summed E-state index contributed by atoms with van der Waals surface area (Å²) >= 11 is 5.92. The van der Waals surface area contributed by atoms with Gasteiger partial charge in [-0.15, -0.1) is 0 Å². The topological polar surface area (TPSA) is 65.0 Å². The smallest absolute Gasteiger partial charge is 0.334 e. The van der Waals surface area contributed by atoms with E-state index in [-0.39, 0.29) is 0 Å². The van der Waals surface area contributed by atoms with E-state index in [9.17, 15) is 9.59 Å². The number of benzene rings is 2. The number of carbonyl (C=O) groups is 2. The summed E-state index contributed by atoms with van der Waals surface area (Å²) in [6, 6.07) is 14.1. The van der Waals surface area contributed by atoms with Gasteiger partial charge < -0.3 is 9.47 Å². The molecule has 5 nitrogen and oxygen atoms in total. The fourth-order valence-corrected chi connectivity index (χ4v) is 2.59. The highest BCUT2D eigenvalue weighted by Crippen LogP contribution is 2.24. The van der Waals surface area contributed by atoms with Gasteiger partial charge in [-0.05, 0) is 63.1 Å². The van der Waals surface area contributed by atoms with Crippen molar-refractivity contribution in [2.45, 2.75) is 45.3 Å². The third-order valence-corrected chi connectivity index (χ3v) is 4.12. The van der Waals surface area contributed by atoms with E-state index in [1.165, 1.54) is 0 Å².